The molecule has 22 heavy (non-hydrogen) atoms. The molecule has 0 saturated carbocycles. The van der Waals surface area contributed by atoms with Crippen LogP contribution in [-0.4, -0.2) is 25.3 Å². The minimum absolute atomic E-state index is 0. The van der Waals surface area contributed by atoms with Crippen molar-refractivity contribution in [3.05, 3.63) is 65.7 Å². The lowest BCUT2D eigenvalue weighted by Gasteiger charge is -2.07. The highest BCUT2D eigenvalue weighted by molar-refractivity contribution is 7.59. The molecule has 0 N–H and O–H groups in total. The molecule has 0 aromatic heterocycles. The molecular weight excluding hydrogens is 300 g/mol. The Morgan fingerprint density at radius 2 is 1.77 bits per heavy atom. The van der Waals surface area contributed by atoms with E-state index in [1.165, 1.54) is 0 Å². The van der Waals surface area contributed by atoms with Crippen LogP contribution < -0.4 is 4.74 Å². The molecule has 1 atom stereocenters. The highest BCUT2D eigenvalue weighted by Crippen LogP contribution is 2.16. The molecule has 0 unspecified atom stereocenters. The van der Waals surface area contributed by atoms with E-state index >= 15 is 0 Å². The number of hydrogen-bond acceptors (Lipinski definition) is 4. The average Bonchev–Trinajstić information content (AvgIpc) is 3.36. The number of epoxide rings is 1. The Bertz CT molecular complexity index is 594. The van der Waals surface area contributed by atoms with Gasteiger partial charge in [0.2, 0.25) is 0 Å². The van der Waals surface area contributed by atoms with Crippen LogP contribution in [0.25, 0.3) is 0 Å². The van der Waals surface area contributed by atoms with Crippen molar-refractivity contribution in [2.45, 2.75) is 12.7 Å². The second-order valence-electron chi connectivity index (χ2n) is 4.85. The van der Waals surface area contributed by atoms with Gasteiger partial charge in [0.15, 0.2) is 0 Å². The van der Waals surface area contributed by atoms with Gasteiger partial charge < -0.3 is 14.2 Å². The topological polar surface area (TPSA) is 48.1 Å². The van der Waals surface area contributed by atoms with Crippen molar-refractivity contribution in [1.82, 2.24) is 0 Å². The fourth-order valence-corrected chi connectivity index (χ4v) is 1.85. The zero-order valence-electron chi connectivity index (χ0n) is 12.0. The van der Waals surface area contributed by atoms with E-state index in [1.54, 1.807) is 24.3 Å². The normalized spacial score (nSPS) is 15.5. The number of rotatable bonds is 6. The van der Waals surface area contributed by atoms with E-state index in [0.29, 0.717) is 12.2 Å². The third-order valence-corrected chi connectivity index (χ3v) is 3.14. The van der Waals surface area contributed by atoms with E-state index < -0.39 is 0 Å². The Balaban J connectivity index is 0.00000176. The summed E-state index contributed by atoms with van der Waals surface area (Å²) >= 11 is 0. The summed E-state index contributed by atoms with van der Waals surface area (Å²) in [6.45, 7) is 1.60. The van der Waals surface area contributed by atoms with Gasteiger partial charge in [0.05, 0.1) is 12.2 Å². The van der Waals surface area contributed by atoms with Crippen LogP contribution in [0.2, 0.25) is 0 Å². The average molecular weight is 318 g/mol. The molecule has 0 aliphatic carbocycles. The third-order valence-electron chi connectivity index (χ3n) is 3.14. The van der Waals surface area contributed by atoms with E-state index in [1.807, 2.05) is 30.3 Å². The largest absolute Gasteiger partial charge is 0.491 e. The molecule has 0 spiro atoms. The number of carbonyl (C=O) groups is 1. The second-order valence-corrected chi connectivity index (χ2v) is 4.85. The smallest absolute Gasteiger partial charge is 0.338 e. The molecule has 0 bridgehead atoms. The molecule has 1 aliphatic rings. The predicted octanol–water partition coefficient (Wildman–Crippen LogP) is 2.93. The monoisotopic (exact) mass is 318 g/mol. The summed E-state index contributed by atoms with van der Waals surface area (Å²) in [6, 6.07) is 16.5. The number of esters is 1. The van der Waals surface area contributed by atoms with Gasteiger partial charge in [-0.15, -0.1) is 0 Å². The number of ether oxygens (including phenoxy) is 3. The minimum Gasteiger partial charge on any atom is -0.491 e. The summed E-state index contributed by atoms with van der Waals surface area (Å²) in [5.74, 6) is 0.390. The van der Waals surface area contributed by atoms with Crippen molar-refractivity contribution in [3.63, 3.8) is 0 Å². The maximum absolute atomic E-state index is 11.9. The van der Waals surface area contributed by atoms with Crippen molar-refractivity contribution in [2.75, 3.05) is 13.2 Å². The van der Waals surface area contributed by atoms with Gasteiger partial charge >= 0.3 is 5.97 Å². The van der Waals surface area contributed by atoms with Crippen LogP contribution in [0.1, 0.15) is 15.9 Å². The zero-order valence-corrected chi connectivity index (χ0v) is 13.0. The SMILES string of the molecule is O=C(OCc1ccccc1)c1ccc(OC[C@@H]2CO2)cc1.S. The van der Waals surface area contributed by atoms with Crippen molar-refractivity contribution < 1.29 is 19.0 Å². The van der Waals surface area contributed by atoms with Gasteiger partial charge in [0, 0.05) is 0 Å². The fourth-order valence-electron chi connectivity index (χ4n) is 1.85. The maximum atomic E-state index is 11.9. The Kier molecular flexibility index (Phi) is 5.86. The number of carbonyl (C=O) groups excluding carboxylic acids is 1. The zero-order chi connectivity index (χ0) is 14.5. The van der Waals surface area contributed by atoms with Crippen LogP contribution in [-0.2, 0) is 16.1 Å². The molecule has 3 rings (SSSR count). The Labute approximate surface area is 136 Å². The quantitative estimate of drug-likeness (QED) is 0.607. The second kappa shape index (κ2) is 7.87. The fraction of sp³-hybridized carbons (Fsp3) is 0.235. The van der Waals surface area contributed by atoms with Gasteiger partial charge in [-0.25, -0.2) is 4.79 Å². The molecule has 116 valence electrons. The standard InChI is InChI=1S/C17H16O4.H2S/c18-17(21-10-13-4-2-1-3-5-13)14-6-8-15(9-7-14)19-11-16-12-20-16;/h1-9,16H,10-12H2;1H2/t16-;/m1./s1. The minimum atomic E-state index is -0.337. The van der Waals surface area contributed by atoms with Crippen LogP contribution in [0.15, 0.2) is 54.6 Å². The molecule has 1 heterocycles. The first kappa shape index (κ1) is 16.4. The molecule has 0 amide bonds. The molecule has 2 aromatic carbocycles. The van der Waals surface area contributed by atoms with Gasteiger partial charge in [-0.3, -0.25) is 0 Å². The van der Waals surface area contributed by atoms with Crippen molar-refractivity contribution in [1.29, 1.82) is 0 Å². The highest BCUT2D eigenvalue weighted by Gasteiger charge is 2.23. The van der Waals surface area contributed by atoms with Crippen LogP contribution in [0.4, 0.5) is 0 Å². The van der Waals surface area contributed by atoms with Gasteiger partial charge in [0.1, 0.15) is 25.1 Å². The lowest BCUT2D eigenvalue weighted by molar-refractivity contribution is 0.0472. The van der Waals surface area contributed by atoms with E-state index in [0.717, 1.165) is 17.9 Å². The first-order chi connectivity index (χ1) is 10.3. The van der Waals surface area contributed by atoms with E-state index in [9.17, 15) is 4.79 Å². The molecule has 1 saturated heterocycles. The van der Waals surface area contributed by atoms with Crippen LogP contribution >= 0.6 is 13.5 Å². The Hall–Kier alpha value is -1.98. The first-order valence-electron chi connectivity index (χ1n) is 6.87. The van der Waals surface area contributed by atoms with E-state index in [-0.39, 0.29) is 32.2 Å². The van der Waals surface area contributed by atoms with E-state index in [4.69, 9.17) is 14.2 Å². The molecule has 5 heteroatoms. The number of hydrogen-bond donors (Lipinski definition) is 0. The van der Waals surface area contributed by atoms with Gasteiger partial charge in [-0.2, -0.15) is 13.5 Å². The van der Waals surface area contributed by atoms with Crippen molar-refractivity contribution in [2.24, 2.45) is 0 Å². The van der Waals surface area contributed by atoms with Gasteiger partial charge in [-0.05, 0) is 29.8 Å². The lowest BCUT2D eigenvalue weighted by Crippen LogP contribution is -2.06. The lowest BCUT2D eigenvalue weighted by atomic mass is 10.2. The summed E-state index contributed by atoms with van der Waals surface area (Å²) in [5.41, 5.74) is 1.48. The molecule has 0 radical (unpaired) electrons. The molecule has 4 nitrogen and oxygen atoms in total. The predicted molar refractivity (Wildman–Crippen MR) is 87.6 cm³/mol. The summed E-state index contributed by atoms with van der Waals surface area (Å²) in [6.07, 6.45) is 0.223. The number of benzene rings is 2. The molecule has 2 aromatic rings. The Morgan fingerprint density at radius 1 is 1.09 bits per heavy atom. The van der Waals surface area contributed by atoms with Crippen molar-refractivity contribution in [3.8, 4) is 5.75 Å². The summed E-state index contributed by atoms with van der Waals surface area (Å²) < 4.78 is 15.8. The molecule has 1 aliphatic heterocycles. The van der Waals surface area contributed by atoms with Crippen LogP contribution in [0.3, 0.4) is 0 Å². The van der Waals surface area contributed by atoms with E-state index in [2.05, 4.69) is 0 Å². The summed E-state index contributed by atoms with van der Waals surface area (Å²) in [5, 5.41) is 0. The van der Waals surface area contributed by atoms with Crippen LogP contribution in [0, 0.1) is 0 Å². The maximum Gasteiger partial charge on any atom is 0.338 e. The molecular formula is C17H18O4S. The van der Waals surface area contributed by atoms with Gasteiger partial charge in [0.25, 0.3) is 0 Å². The van der Waals surface area contributed by atoms with Crippen LogP contribution in [0.5, 0.6) is 5.75 Å². The summed E-state index contributed by atoms with van der Waals surface area (Å²) in [4.78, 5) is 11.9. The van der Waals surface area contributed by atoms with Crippen molar-refractivity contribution >= 4 is 19.5 Å². The summed E-state index contributed by atoms with van der Waals surface area (Å²) in [7, 11) is 0. The Morgan fingerprint density at radius 3 is 2.41 bits per heavy atom. The molecule has 1 fully saturated rings. The highest BCUT2D eigenvalue weighted by atomic mass is 32.1. The third kappa shape index (κ3) is 4.79. The first-order valence-corrected chi connectivity index (χ1v) is 6.87. The van der Waals surface area contributed by atoms with Gasteiger partial charge in [-0.1, -0.05) is 30.3 Å².